The van der Waals surface area contributed by atoms with Crippen LogP contribution in [-0.2, 0) is 10.0 Å². The zero-order chi connectivity index (χ0) is 18.2. The summed E-state index contributed by atoms with van der Waals surface area (Å²) in [6.45, 7) is 1.95. The number of carbonyl (C=O) groups excluding carboxylic acids is 1. The molecule has 1 saturated heterocycles. The number of halogens is 1. The Balaban J connectivity index is 1.96. The SMILES string of the molecule is Cc1nc([C@H]2CCCN2S(=O)(=O)c2ccc(F)cc2)ncc1C(N)=O. The molecular formula is C16H17FN4O3S. The van der Waals surface area contributed by atoms with Gasteiger partial charge in [-0.2, -0.15) is 4.31 Å². The molecule has 1 aliphatic heterocycles. The molecular weight excluding hydrogens is 347 g/mol. The summed E-state index contributed by atoms with van der Waals surface area (Å²) in [5.41, 5.74) is 5.86. The van der Waals surface area contributed by atoms with Crippen molar-refractivity contribution in [2.24, 2.45) is 5.73 Å². The van der Waals surface area contributed by atoms with Crippen LogP contribution in [0.5, 0.6) is 0 Å². The van der Waals surface area contributed by atoms with Gasteiger partial charge in [0.15, 0.2) is 0 Å². The Hall–Kier alpha value is -2.39. The Morgan fingerprint density at radius 1 is 1.32 bits per heavy atom. The van der Waals surface area contributed by atoms with Crippen LogP contribution in [0.15, 0.2) is 35.4 Å². The highest BCUT2D eigenvalue weighted by Gasteiger charge is 2.38. The Morgan fingerprint density at radius 3 is 2.60 bits per heavy atom. The van der Waals surface area contributed by atoms with Gasteiger partial charge in [-0.1, -0.05) is 0 Å². The van der Waals surface area contributed by atoms with Crippen molar-refractivity contribution < 1.29 is 17.6 Å². The number of amides is 1. The topological polar surface area (TPSA) is 106 Å². The molecule has 2 aromatic rings. The van der Waals surface area contributed by atoms with Crippen LogP contribution in [-0.4, -0.2) is 35.1 Å². The molecule has 0 bridgehead atoms. The Bertz CT molecular complexity index is 915. The van der Waals surface area contributed by atoms with Gasteiger partial charge in [-0.15, -0.1) is 0 Å². The van der Waals surface area contributed by atoms with Crippen molar-refractivity contribution in [3.8, 4) is 0 Å². The van der Waals surface area contributed by atoms with Gasteiger partial charge in [-0.05, 0) is 44.0 Å². The molecule has 0 unspecified atom stereocenters. The summed E-state index contributed by atoms with van der Waals surface area (Å²) in [7, 11) is -3.80. The summed E-state index contributed by atoms with van der Waals surface area (Å²) < 4.78 is 40.1. The molecule has 2 N–H and O–H groups in total. The minimum absolute atomic E-state index is 0.0197. The zero-order valence-electron chi connectivity index (χ0n) is 13.5. The van der Waals surface area contributed by atoms with Gasteiger partial charge in [0.2, 0.25) is 10.0 Å². The second-order valence-electron chi connectivity index (χ2n) is 5.82. The number of hydrogen-bond acceptors (Lipinski definition) is 5. The van der Waals surface area contributed by atoms with Crippen LogP contribution in [0.25, 0.3) is 0 Å². The molecule has 7 nitrogen and oxygen atoms in total. The van der Waals surface area contributed by atoms with Gasteiger partial charge >= 0.3 is 0 Å². The number of aryl methyl sites for hydroxylation is 1. The number of hydrogen-bond donors (Lipinski definition) is 1. The van der Waals surface area contributed by atoms with E-state index in [4.69, 9.17) is 5.73 Å². The normalized spacial score (nSPS) is 18.4. The molecule has 0 saturated carbocycles. The fraction of sp³-hybridized carbons (Fsp3) is 0.312. The van der Waals surface area contributed by atoms with E-state index in [1.165, 1.54) is 22.6 Å². The summed E-state index contributed by atoms with van der Waals surface area (Å²) in [5.74, 6) is -0.810. The molecule has 0 radical (unpaired) electrons. The average Bonchev–Trinajstić information content (AvgIpc) is 3.05. The molecule has 1 atom stereocenters. The largest absolute Gasteiger partial charge is 0.365 e. The van der Waals surface area contributed by atoms with Gasteiger partial charge < -0.3 is 5.73 Å². The van der Waals surface area contributed by atoms with E-state index in [0.717, 1.165) is 12.1 Å². The van der Waals surface area contributed by atoms with Crippen LogP contribution in [0, 0.1) is 12.7 Å². The number of carbonyl (C=O) groups is 1. The number of sulfonamides is 1. The van der Waals surface area contributed by atoms with Crippen molar-refractivity contribution >= 4 is 15.9 Å². The molecule has 1 aromatic carbocycles. The summed E-state index contributed by atoms with van der Waals surface area (Å²) in [5, 5.41) is 0. The van der Waals surface area contributed by atoms with Gasteiger partial charge in [-0.3, -0.25) is 4.79 Å². The predicted octanol–water partition coefficient (Wildman–Crippen LogP) is 1.55. The maximum absolute atomic E-state index is 13.1. The van der Waals surface area contributed by atoms with Crippen molar-refractivity contribution in [3.05, 3.63) is 53.4 Å². The first-order chi connectivity index (χ1) is 11.8. The third kappa shape index (κ3) is 3.24. The standard InChI is InChI=1S/C16H17FN4O3S/c1-10-13(15(18)22)9-19-16(20-10)14-3-2-8-21(14)25(23,24)12-6-4-11(17)5-7-12/h4-7,9,14H,2-3,8H2,1H3,(H2,18,22)/t14-/m1/s1. The van der Waals surface area contributed by atoms with Gasteiger partial charge in [0.05, 0.1) is 22.2 Å². The number of nitrogens with zero attached hydrogens (tertiary/aromatic N) is 3. The van der Waals surface area contributed by atoms with Crippen molar-refractivity contribution in [3.63, 3.8) is 0 Å². The summed E-state index contributed by atoms with van der Waals surface area (Å²) in [6, 6.07) is 4.17. The molecule has 132 valence electrons. The van der Waals surface area contributed by atoms with Crippen molar-refractivity contribution in [1.29, 1.82) is 0 Å². The van der Waals surface area contributed by atoms with Crippen molar-refractivity contribution in [2.75, 3.05) is 6.54 Å². The Labute approximate surface area is 144 Å². The molecule has 1 aliphatic rings. The number of benzene rings is 1. The first-order valence-electron chi connectivity index (χ1n) is 7.71. The Morgan fingerprint density at radius 2 is 2.00 bits per heavy atom. The molecule has 3 rings (SSSR count). The third-order valence-electron chi connectivity index (χ3n) is 4.19. The van der Waals surface area contributed by atoms with Crippen molar-refractivity contribution in [2.45, 2.75) is 30.7 Å². The second kappa shape index (κ2) is 6.49. The van der Waals surface area contributed by atoms with E-state index in [1.54, 1.807) is 6.92 Å². The van der Waals surface area contributed by atoms with E-state index in [0.29, 0.717) is 30.9 Å². The predicted molar refractivity (Wildman–Crippen MR) is 87.6 cm³/mol. The fourth-order valence-electron chi connectivity index (χ4n) is 2.92. The fourth-order valence-corrected chi connectivity index (χ4v) is 4.57. The van der Waals surface area contributed by atoms with Gasteiger partial charge in [0.1, 0.15) is 11.6 Å². The molecule has 2 heterocycles. The molecule has 1 aromatic heterocycles. The average molecular weight is 364 g/mol. The lowest BCUT2D eigenvalue weighted by Gasteiger charge is -2.23. The summed E-state index contributed by atoms with van der Waals surface area (Å²) >= 11 is 0. The lowest BCUT2D eigenvalue weighted by Crippen LogP contribution is -2.32. The molecule has 1 fully saturated rings. The highest BCUT2D eigenvalue weighted by Crippen LogP contribution is 2.35. The maximum atomic E-state index is 13.1. The molecule has 9 heteroatoms. The monoisotopic (exact) mass is 364 g/mol. The van der Waals surface area contributed by atoms with Gasteiger partial charge in [0, 0.05) is 12.7 Å². The van der Waals surface area contributed by atoms with Crippen molar-refractivity contribution in [1.82, 2.24) is 14.3 Å². The minimum Gasteiger partial charge on any atom is -0.365 e. The summed E-state index contributed by atoms with van der Waals surface area (Å²) in [6.07, 6.45) is 2.54. The molecule has 0 aliphatic carbocycles. The highest BCUT2D eigenvalue weighted by molar-refractivity contribution is 7.89. The summed E-state index contributed by atoms with van der Waals surface area (Å²) in [4.78, 5) is 19.7. The Kier molecular flexibility index (Phi) is 4.53. The number of primary amides is 1. The number of aromatic nitrogens is 2. The van der Waals surface area contributed by atoms with Crippen LogP contribution in [0.4, 0.5) is 4.39 Å². The van der Waals surface area contributed by atoms with Crippen LogP contribution < -0.4 is 5.73 Å². The minimum atomic E-state index is -3.80. The number of rotatable bonds is 4. The van der Waals surface area contributed by atoms with Gasteiger partial charge in [-0.25, -0.2) is 22.8 Å². The highest BCUT2D eigenvalue weighted by atomic mass is 32.2. The van der Waals surface area contributed by atoms with E-state index in [9.17, 15) is 17.6 Å². The first-order valence-corrected chi connectivity index (χ1v) is 9.15. The second-order valence-corrected chi connectivity index (χ2v) is 7.71. The molecule has 1 amide bonds. The lowest BCUT2D eigenvalue weighted by atomic mass is 10.2. The quantitative estimate of drug-likeness (QED) is 0.886. The van der Waals surface area contributed by atoms with E-state index < -0.39 is 27.8 Å². The van der Waals surface area contributed by atoms with E-state index >= 15 is 0 Å². The smallest absolute Gasteiger partial charge is 0.252 e. The lowest BCUT2D eigenvalue weighted by molar-refractivity contribution is 0.0998. The zero-order valence-corrected chi connectivity index (χ0v) is 14.3. The van der Waals surface area contributed by atoms with Crippen LogP contribution in [0.3, 0.4) is 0 Å². The third-order valence-corrected chi connectivity index (χ3v) is 6.11. The number of nitrogens with two attached hydrogens (primary N) is 1. The van der Waals surface area contributed by atoms with Crippen LogP contribution in [0.1, 0.15) is 40.8 Å². The molecule has 25 heavy (non-hydrogen) atoms. The van der Waals surface area contributed by atoms with Crippen LogP contribution in [0.2, 0.25) is 0 Å². The van der Waals surface area contributed by atoms with E-state index in [-0.39, 0.29) is 10.5 Å². The first kappa shape index (κ1) is 17.4. The van der Waals surface area contributed by atoms with Gasteiger partial charge in [0.25, 0.3) is 5.91 Å². The molecule has 0 spiro atoms. The van der Waals surface area contributed by atoms with E-state index in [1.807, 2.05) is 0 Å². The van der Waals surface area contributed by atoms with E-state index in [2.05, 4.69) is 9.97 Å². The maximum Gasteiger partial charge on any atom is 0.252 e. The van der Waals surface area contributed by atoms with Crippen LogP contribution >= 0.6 is 0 Å².